The van der Waals surface area contributed by atoms with E-state index in [1.807, 2.05) is 30.3 Å². The van der Waals surface area contributed by atoms with E-state index in [4.69, 9.17) is 11.0 Å². The largest absolute Gasteiger partial charge is 1.00 e. The molecule has 0 radical (unpaired) electrons. The van der Waals surface area contributed by atoms with E-state index < -0.39 is 0 Å². The Bertz CT molecular complexity index is 1530. The number of nitrogens with zero attached hydrogens (tertiary/aromatic N) is 1. The van der Waals surface area contributed by atoms with Crippen molar-refractivity contribution in [2.24, 2.45) is 5.73 Å². The Labute approximate surface area is 262 Å². The molecular weight excluding hydrogens is 494 g/mol. The Morgan fingerprint density at radius 3 is 1.23 bits per heavy atom. The quantitative estimate of drug-likeness (QED) is 0.346. The van der Waals surface area contributed by atoms with Gasteiger partial charge in [-0.1, -0.05) is 134 Å². The van der Waals surface area contributed by atoms with Crippen LogP contribution in [-0.4, -0.2) is 23.9 Å². The van der Waals surface area contributed by atoms with Crippen molar-refractivity contribution in [3.8, 4) is 6.07 Å². The minimum atomic E-state index is 0. The number of hydrogen-bond acceptors (Lipinski definition) is 2. The minimum Gasteiger partial charge on any atom is -1.00 e. The van der Waals surface area contributed by atoms with Gasteiger partial charge in [0.05, 0.1) is 12.5 Å². The van der Waals surface area contributed by atoms with Crippen LogP contribution in [0.2, 0.25) is 0 Å². The van der Waals surface area contributed by atoms with E-state index in [-0.39, 0.29) is 37.6 Å². The van der Waals surface area contributed by atoms with Gasteiger partial charge in [-0.3, -0.25) is 0 Å². The maximum Gasteiger partial charge on any atom is 1.00 e. The SMILES string of the molecule is N#CCC=C1c2ccccc2C=Cc2ccccc21.NCCC=C1c2ccccc2C=Cc2ccccc21.[AlH3].[H-].[Li+]. The topological polar surface area (TPSA) is 49.8 Å². The summed E-state index contributed by atoms with van der Waals surface area (Å²) in [5, 5.41) is 8.85. The van der Waals surface area contributed by atoms with Crippen LogP contribution in [0, 0.1) is 11.3 Å². The van der Waals surface area contributed by atoms with Gasteiger partial charge in [0.25, 0.3) is 0 Å². The summed E-state index contributed by atoms with van der Waals surface area (Å²) in [6, 6.07) is 35.9. The predicted molar refractivity (Wildman–Crippen MR) is 173 cm³/mol. The maximum absolute atomic E-state index is 8.85. The molecule has 4 aromatic carbocycles. The molecule has 4 aromatic rings. The molecular formula is C36H34AlLiN2. The van der Waals surface area contributed by atoms with Gasteiger partial charge in [0.1, 0.15) is 0 Å². The van der Waals surface area contributed by atoms with Crippen molar-refractivity contribution in [2.45, 2.75) is 12.8 Å². The Hall–Kier alpha value is -3.58. The summed E-state index contributed by atoms with van der Waals surface area (Å²) < 4.78 is 0. The molecule has 2 N–H and O–H groups in total. The molecule has 0 saturated carbocycles. The fourth-order valence-corrected chi connectivity index (χ4v) is 5.01. The van der Waals surface area contributed by atoms with Crippen molar-refractivity contribution >= 4 is 52.8 Å². The first-order chi connectivity index (χ1) is 18.8. The van der Waals surface area contributed by atoms with E-state index in [1.54, 1.807) is 0 Å². The molecule has 0 atom stereocenters. The predicted octanol–water partition coefficient (Wildman–Crippen LogP) is 4.40. The molecule has 40 heavy (non-hydrogen) atoms. The van der Waals surface area contributed by atoms with Crippen LogP contribution in [-0.2, 0) is 0 Å². The molecule has 6 rings (SSSR count). The third kappa shape index (κ3) is 6.94. The number of allylic oxidation sites excluding steroid dienone is 1. The molecule has 2 aliphatic rings. The van der Waals surface area contributed by atoms with Gasteiger partial charge in [-0.2, -0.15) is 5.26 Å². The fraction of sp³-hybridized carbons (Fsp3) is 0.0833. The van der Waals surface area contributed by atoms with E-state index >= 15 is 0 Å². The smallest absolute Gasteiger partial charge is 1.00 e. The van der Waals surface area contributed by atoms with Gasteiger partial charge in [0, 0.05) is 0 Å². The van der Waals surface area contributed by atoms with E-state index in [9.17, 15) is 0 Å². The van der Waals surface area contributed by atoms with Gasteiger partial charge in [-0.25, -0.2) is 0 Å². The number of rotatable bonds is 3. The number of hydrogen-bond donors (Lipinski definition) is 1. The van der Waals surface area contributed by atoms with Crippen LogP contribution in [0.1, 0.15) is 58.8 Å². The minimum absolute atomic E-state index is 0. The van der Waals surface area contributed by atoms with Crippen LogP contribution in [0.25, 0.3) is 35.5 Å². The third-order valence-corrected chi connectivity index (χ3v) is 6.80. The van der Waals surface area contributed by atoms with Gasteiger partial charge >= 0.3 is 18.9 Å². The van der Waals surface area contributed by atoms with Crippen LogP contribution in [0.4, 0.5) is 0 Å². The van der Waals surface area contributed by atoms with Crippen LogP contribution < -0.4 is 24.6 Å². The molecule has 2 aliphatic carbocycles. The second-order valence-electron chi connectivity index (χ2n) is 9.19. The zero-order chi connectivity index (χ0) is 26.2. The first-order valence-corrected chi connectivity index (χ1v) is 13.0. The summed E-state index contributed by atoms with van der Waals surface area (Å²) in [6.07, 6.45) is 14.3. The third-order valence-electron chi connectivity index (χ3n) is 6.80. The van der Waals surface area contributed by atoms with E-state index in [0.29, 0.717) is 13.0 Å². The molecule has 0 amide bonds. The fourth-order valence-electron chi connectivity index (χ4n) is 5.01. The van der Waals surface area contributed by atoms with Crippen molar-refractivity contribution in [1.29, 1.82) is 5.26 Å². The molecule has 0 aromatic heterocycles. The first-order valence-electron chi connectivity index (χ1n) is 13.0. The zero-order valence-electron chi connectivity index (χ0n) is 23.3. The Kier molecular flexibility index (Phi) is 11.8. The summed E-state index contributed by atoms with van der Waals surface area (Å²) in [6.45, 7) is 0.682. The molecule has 2 nitrogen and oxygen atoms in total. The molecule has 0 bridgehead atoms. The molecule has 0 saturated heterocycles. The van der Waals surface area contributed by atoms with Crippen molar-refractivity contribution in [2.75, 3.05) is 6.54 Å². The van der Waals surface area contributed by atoms with Crippen LogP contribution in [0.5, 0.6) is 0 Å². The Balaban J connectivity index is 0.000000267. The molecule has 0 aliphatic heterocycles. The van der Waals surface area contributed by atoms with Gasteiger partial charge in [-0.15, -0.1) is 0 Å². The molecule has 0 fully saturated rings. The first kappa shape index (κ1) is 31.0. The molecule has 0 heterocycles. The van der Waals surface area contributed by atoms with E-state index in [0.717, 1.165) is 12.0 Å². The summed E-state index contributed by atoms with van der Waals surface area (Å²) in [7, 11) is 0. The van der Waals surface area contributed by atoms with Crippen LogP contribution in [0.3, 0.4) is 0 Å². The van der Waals surface area contributed by atoms with Gasteiger partial charge in [0.15, 0.2) is 17.4 Å². The van der Waals surface area contributed by atoms with Gasteiger partial charge < -0.3 is 7.16 Å². The Morgan fingerprint density at radius 1 is 0.575 bits per heavy atom. The van der Waals surface area contributed by atoms with Crippen molar-refractivity contribution < 1.29 is 20.3 Å². The van der Waals surface area contributed by atoms with Crippen LogP contribution >= 0.6 is 0 Å². The Morgan fingerprint density at radius 2 is 0.900 bits per heavy atom. The summed E-state index contributed by atoms with van der Waals surface area (Å²) in [4.78, 5) is 0. The van der Waals surface area contributed by atoms with Crippen molar-refractivity contribution in [1.82, 2.24) is 0 Å². The monoisotopic (exact) mass is 528 g/mol. The summed E-state index contributed by atoms with van der Waals surface area (Å²) >= 11 is 0. The second kappa shape index (κ2) is 15.3. The van der Waals surface area contributed by atoms with Gasteiger partial charge in [0.2, 0.25) is 0 Å². The van der Waals surface area contributed by atoms with E-state index in [2.05, 4.69) is 109 Å². The molecule has 192 valence electrons. The maximum atomic E-state index is 8.85. The zero-order valence-corrected chi connectivity index (χ0v) is 22.3. The van der Waals surface area contributed by atoms with Crippen molar-refractivity contribution in [3.63, 3.8) is 0 Å². The average molecular weight is 529 g/mol. The second-order valence-corrected chi connectivity index (χ2v) is 9.19. The summed E-state index contributed by atoms with van der Waals surface area (Å²) in [5.74, 6) is 0. The number of fused-ring (bicyclic) bond motifs is 4. The van der Waals surface area contributed by atoms with Crippen molar-refractivity contribution in [3.05, 3.63) is 154 Å². The number of nitrogens with two attached hydrogens (primary N) is 1. The average Bonchev–Trinajstić information content (AvgIpc) is 3.23. The number of nitriles is 1. The standard InChI is InChI=1S/C18H17N.C18H13N.Al.Li.4H/c2*19-13-5-10-18-16-8-3-1-6-14(16)11-12-15-7-2-4-9-17(15)18;;;;;;/h1-4,6-12H,5,13,19H2;1-4,6-12H,5H2;;;;;;/q;;;+1;;;;-1. The van der Waals surface area contributed by atoms with Crippen LogP contribution in [0.15, 0.2) is 109 Å². The van der Waals surface area contributed by atoms with E-state index in [1.165, 1.54) is 50.1 Å². The molecule has 4 heteroatoms. The summed E-state index contributed by atoms with van der Waals surface area (Å²) in [5.41, 5.74) is 18.0. The normalized spacial score (nSPS) is 11.7. The molecule has 0 unspecified atom stereocenters. The number of benzene rings is 4. The molecule has 0 spiro atoms. The van der Waals surface area contributed by atoms with Gasteiger partial charge in [-0.05, 0) is 68.6 Å².